The van der Waals surface area contributed by atoms with Crippen LogP contribution in [0.25, 0.3) is 0 Å². The van der Waals surface area contributed by atoms with Crippen LogP contribution < -0.4 is 16.0 Å². The fourth-order valence-electron chi connectivity index (χ4n) is 3.39. The summed E-state index contributed by atoms with van der Waals surface area (Å²) in [5.41, 5.74) is 9.32. The first-order chi connectivity index (χ1) is 9.74. The summed E-state index contributed by atoms with van der Waals surface area (Å²) in [6.45, 7) is 9.15. The number of nitrogen functional groups attached to an aromatic ring is 1. The van der Waals surface area contributed by atoms with Crippen LogP contribution in [0.15, 0.2) is 18.2 Å². The van der Waals surface area contributed by atoms with Crippen molar-refractivity contribution in [3.63, 3.8) is 0 Å². The molecule has 1 aromatic carbocycles. The molecule has 0 amide bonds. The van der Waals surface area contributed by atoms with Crippen LogP contribution in [0.3, 0.4) is 0 Å². The Hall–Kier alpha value is -1.26. The SMILES string of the molecule is Cc1cc(N2CCC(N3CCNCC3)CC2)ccc1N. The molecule has 2 fully saturated rings. The Morgan fingerprint density at radius 1 is 1.10 bits per heavy atom. The first kappa shape index (κ1) is 13.7. The molecule has 2 saturated heterocycles. The summed E-state index contributed by atoms with van der Waals surface area (Å²) in [6, 6.07) is 7.20. The smallest absolute Gasteiger partial charge is 0.0370 e. The van der Waals surface area contributed by atoms with Gasteiger partial charge in [0.05, 0.1) is 0 Å². The van der Waals surface area contributed by atoms with Crippen LogP contribution in [-0.4, -0.2) is 50.2 Å². The lowest BCUT2D eigenvalue weighted by molar-refractivity contribution is 0.150. The minimum absolute atomic E-state index is 0.781. The Labute approximate surface area is 121 Å². The number of piperazine rings is 1. The molecule has 0 bridgehead atoms. The fourth-order valence-corrected chi connectivity index (χ4v) is 3.39. The number of hydrogen-bond donors (Lipinski definition) is 2. The van der Waals surface area contributed by atoms with Crippen LogP contribution >= 0.6 is 0 Å². The van der Waals surface area contributed by atoms with Gasteiger partial charge in [-0.15, -0.1) is 0 Å². The Balaban J connectivity index is 1.58. The van der Waals surface area contributed by atoms with Crippen LogP contribution in [0.1, 0.15) is 18.4 Å². The molecule has 1 aromatic rings. The molecule has 3 N–H and O–H groups in total. The summed E-state index contributed by atoms with van der Waals surface area (Å²) in [5.74, 6) is 0. The Morgan fingerprint density at radius 3 is 2.45 bits per heavy atom. The maximum absolute atomic E-state index is 5.91. The minimum Gasteiger partial charge on any atom is -0.399 e. The van der Waals surface area contributed by atoms with Crippen LogP contribution in [0.2, 0.25) is 0 Å². The van der Waals surface area contributed by atoms with Crippen molar-refractivity contribution < 1.29 is 0 Å². The van der Waals surface area contributed by atoms with Crippen molar-refractivity contribution in [2.75, 3.05) is 49.9 Å². The molecule has 2 heterocycles. The number of nitrogens with zero attached hydrogens (tertiary/aromatic N) is 2. The molecular formula is C16H26N4. The predicted octanol–water partition coefficient (Wildman–Crippen LogP) is 1.45. The van der Waals surface area contributed by atoms with Gasteiger partial charge >= 0.3 is 0 Å². The average molecular weight is 274 g/mol. The molecule has 0 aromatic heterocycles. The molecule has 0 saturated carbocycles. The zero-order valence-electron chi connectivity index (χ0n) is 12.4. The zero-order chi connectivity index (χ0) is 13.9. The third kappa shape index (κ3) is 2.91. The summed E-state index contributed by atoms with van der Waals surface area (Å²) >= 11 is 0. The van der Waals surface area contributed by atoms with Crippen molar-refractivity contribution in [2.45, 2.75) is 25.8 Å². The summed E-state index contributed by atoms with van der Waals surface area (Å²) in [7, 11) is 0. The topological polar surface area (TPSA) is 44.5 Å². The van der Waals surface area contributed by atoms with Gasteiger partial charge in [-0.3, -0.25) is 4.90 Å². The van der Waals surface area contributed by atoms with Gasteiger partial charge in [0, 0.05) is 56.7 Å². The van der Waals surface area contributed by atoms with Crippen LogP contribution in [0.4, 0.5) is 11.4 Å². The van der Waals surface area contributed by atoms with Gasteiger partial charge in [-0.05, 0) is 43.5 Å². The number of piperidine rings is 1. The number of nitrogens with one attached hydrogen (secondary N) is 1. The molecule has 0 aliphatic carbocycles. The predicted molar refractivity (Wildman–Crippen MR) is 85.3 cm³/mol. The summed E-state index contributed by atoms with van der Waals surface area (Å²) < 4.78 is 0. The zero-order valence-corrected chi connectivity index (χ0v) is 12.4. The Bertz CT molecular complexity index is 446. The van der Waals surface area contributed by atoms with Crippen molar-refractivity contribution in [2.24, 2.45) is 0 Å². The molecule has 0 spiro atoms. The van der Waals surface area contributed by atoms with Gasteiger partial charge < -0.3 is 16.0 Å². The van der Waals surface area contributed by atoms with Gasteiger partial charge in [-0.2, -0.15) is 0 Å². The summed E-state index contributed by atoms with van der Waals surface area (Å²) in [6.07, 6.45) is 2.56. The number of rotatable bonds is 2. The van der Waals surface area contributed by atoms with E-state index in [4.69, 9.17) is 5.73 Å². The Morgan fingerprint density at radius 2 is 1.80 bits per heavy atom. The number of aryl methyl sites for hydroxylation is 1. The van der Waals surface area contributed by atoms with Gasteiger partial charge in [0.1, 0.15) is 0 Å². The third-order valence-electron chi connectivity index (χ3n) is 4.75. The van der Waals surface area contributed by atoms with E-state index in [1.54, 1.807) is 0 Å². The van der Waals surface area contributed by atoms with Gasteiger partial charge in [0.15, 0.2) is 0 Å². The summed E-state index contributed by atoms with van der Waals surface area (Å²) in [4.78, 5) is 5.17. The lowest BCUT2D eigenvalue weighted by atomic mass is 10.0. The molecule has 3 rings (SSSR count). The molecule has 0 unspecified atom stereocenters. The number of hydrogen-bond acceptors (Lipinski definition) is 4. The van der Waals surface area contributed by atoms with Gasteiger partial charge in [-0.1, -0.05) is 0 Å². The maximum atomic E-state index is 5.91. The first-order valence-electron chi connectivity index (χ1n) is 7.80. The highest BCUT2D eigenvalue weighted by molar-refractivity contribution is 5.58. The molecule has 2 aliphatic heterocycles. The molecular weight excluding hydrogens is 248 g/mol. The van der Waals surface area contributed by atoms with E-state index in [1.165, 1.54) is 37.2 Å². The van der Waals surface area contributed by atoms with Crippen molar-refractivity contribution in [1.29, 1.82) is 0 Å². The lowest BCUT2D eigenvalue weighted by Gasteiger charge is -2.41. The lowest BCUT2D eigenvalue weighted by Crippen LogP contribution is -2.52. The second-order valence-electron chi connectivity index (χ2n) is 6.05. The highest BCUT2D eigenvalue weighted by atomic mass is 15.2. The monoisotopic (exact) mass is 274 g/mol. The van der Waals surface area contributed by atoms with Gasteiger partial charge in [0.25, 0.3) is 0 Å². The standard InChI is InChI=1S/C16H26N4/c1-13-12-15(2-3-16(13)17)19-8-4-14(5-9-19)20-10-6-18-7-11-20/h2-3,12,14,18H,4-11,17H2,1H3. The van der Waals surface area contributed by atoms with Crippen molar-refractivity contribution in [3.05, 3.63) is 23.8 Å². The van der Waals surface area contributed by atoms with Crippen LogP contribution in [0.5, 0.6) is 0 Å². The second-order valence-corrected chi connectivity index (χ2v) is 6.05. The maximum Gasteiger partial charge on any atom is 0.0370 e. The number of anilines is 2. The Kier molecular flexibility index (Phi) is 4.13. The largest absolute Gasteiger partial charge is 0.399 e. The van der Waals surface area contributed by atoms with E-state index in [0.29, 0.717) is 0 Å². The molecule has 0 atom stereocenters. The third-order valence-corrected chi connectivity index (χ3v) is 4.75. The van der Waals surface area contributed by atoms with Crippen molar-refractivity contribution >= 4 is 11.4 Å². The van der Waals surface area contributed by atoms with E-state index in [9.17, 15) is 0 Å². The van der Waals surface area contributed by atoms with E-state index in [-0.39, 0.29) is 0 Å². The van der Waals surface area contributed by atoms with Crippen LogP contribution in [-0.2, 0) is 0 Å². The molecule has 4 nitrogen and oxygen atoms in total. The summed E-state index contributed by atoms with van der Waals surface area (Å²) in [5, 5.41) is 3.44. The molecule has 20 heavy (non-hydrogen) atoms. The highest BCUT2D eigenvalue weighted by Gasteiger charge is 2.25. The van der Waals surface area contributed by atoms with E-state index >= 15 is 0 Å². The first-order valence-corrected chi connectivity index (χ1v) is 7.80. The van der Waals surface area contributed by atoms with Crippen molar-refractivity contribution in [1.82, 2.24) is 10.2 Å². The average Bonchev–Trinajstić information content (AvgIpc) is 2.51. The molecule has 0 radical (unpaired) electrons. The van der Waals surface area contributed by atoms with Gasteiger partial charge in [0.2, 0.25) is 0 Å². The highest BCUT2D eigenvalue weighted by Crippen LogP contribution is 2.25. The minimum atomic E-state index is 0.781. The van der Waals surface area contributed by atoms with Gasteiger partial charge in [-0.25, -0.2) is 0 Å². The molecule has 2 aliphatic rings. The van der Waals surface area contributed by atoms with E-state index in [2.05, 4.69) is 34.2 Å². The van der Waals surface area contributed by atoms with E-state index in [0.717, 1.165) is 37.9 Å². The normalized spacial score (nSPS) is 22.1. The van der Waals surface area contributed by atoms with E-state index in [1.807, 2.05) is 6.07 Å². The molecule has 4 heteroatoms. The fraction of sp³-hybridized carbons (Fsp3) is 0.625. The quantitative estimate of drug-likeness (QED) is 0.801. The second kappa shape index (κ2) is 6.02. The number of benzene rings is 1. The molecule has 110 valence electrons. The van der Waals surface area contributed by atoms with E-state index < -0.39 is 0 Å². The van der Waals surface area contributed by atoms with Crippen molar-refractivity contribution in [3.8, 4) is 0 Å². The van der Waals surface area contributed by atoms with Crippen LogP contribution in [0, 0.1) is 6.92 Å². The number of nitrogens with two attached hydrogens (primary N) is 1.